The summed E-state index contributed by atoms with van der Waals surface area (Å²) in [6, 6.07) is 6.00. The van der Waals surface area contributed by atoms with Crippen molar-refractivity contribution < 1.29 is 24.1 Å². The number of carbonyl (C=O) groups excluding carboxylic acids is 1. The van der Waals surface area contributed by atoms with Crippen LogP contribution >= 0.6 is 0 Å². The quantitative estimate of drug-likeness (QED) is 0.423. The number of hydrogen-bond acceptors (Lipinski definition) is 6. The van der Waals surface area contributed by atoms with E-state index in [2.05, 4.69) is 11.8 Å². The first-order valence-electron chi connectivity index (χ1n) is 12.4. The van der Waals surface area contributed by atoms with E-state index in [9.17, 15) is 9.90 Å². The maximum absolute atomic E-state index is 12.8. The minimum absolute atomic E-state index is 0.154. The monoisotopic (exact) mass is 447 g/mol. The lowest BCUT2D eigenvalue weighted by Crippen LogP contribution is -2.39. The highest BCUT2D eigenvalue weighted by molar-refractivity contribution is 5.78. The number of ether oxygens (including phenoxy) is 3. The molecule has 0 saturated carbocycles. The van der Waals surface area contributed by atoms with Crippen LogP contribution in [0.4, 0.5) is 0 Å². The van der Waals surface area contributed by atoms with Crippen molar-refractivity contribution in [3.63, 3.8) is 0 Å². The first-order chi connectivity index (χ1) is 15.6. The van der Waals surface area contributed by atoms with Crippen molar-refractivity contribution >= 4 is 5.78 Å². The molecule has 0 unspecified atom stereocenters. The molecule has 6 heteroatoms. The number of ketones is 1. The number of hydrogen-bond donors (Lipinski definition) is 1. The molecule has 0 bridgehead atoms. The fraction of sp³-hybridized carbons (Fsp3) is 0.731. The number of rotatable bonds is 14. The van der Waals surface area contributed by atoms with Gasteiger partial charge in [0.05, 0.1) is 12.7 Å². The van der Waals surface area contributed by atoms with Gasteiger partial charge < -0.3 is 19.3 Å². The molecule has 180 valence electrons. The van der Waals surface area contributed by atoms with E-state index in [0.29, 0.717) is 56.7 Å². The molecule has 2 heterocycles. The fourth-order valence-corrected chi connectivity index (χ4v) is 4.93. The van der Waals surface area contributed by atoms with E-state index in [1.54, 1.807) is 7.11 Å². The van der Waals surface area contributed by atoms with Crippen molar-refractivity contribution in [2.75, 3.05) is 40.0 Å². The highest BCUT2D eigenvalue weighted by Gasteiger charge is 2.32. The van der Waals surface area contributed by atoms with Gasteiger partial charge in [-0.05, 0) is 43.5 Å². The molecule has 1 saturated heterocycles. The Kier molecular flexibility index (Phi) is 10.3. The Labute approximate surface area is 193 Å². The average molecular weight is 448 g/mol. The van der Waals surface area contributed by atoms with Gasteiger partial charge in [0, 0.05) is 38.5 Å². The van der Waals surface area contributed by atoms with Gasteiger partial charge in [0.1, 0.15) is 19.0 Å². The van der Waals surface area contributed by atoms with Crippen LogP contribution in [0.1, 0.15) is 76.4 Å². The maximum Gasteiger partial charge on any atom is 0.161 e. The maximum atomic E-state index is 12.8. The first-order valence-corrected chi connectivity index (χ1v) is 12.4. The number of aliphatic hydroxyl groups excluding tert-OH is 1. The largest absolute Gasteiger partial charge is 0.486 e. The van der Waals surface area contributed by atoms with Gasteiger partial charge in [0.15, 0.2) is 11.5 Å². The third-order valence-corrected chi connectivity index (χ3v) is 6.73. The molecule has 2 aliphatic heterocycles. The van der Waals surface area contributed by atoms with Crippen molar-refractivity contribution in [2.45, 2.75) is 76.9 Å². The van der Waals surface area contributed by atoms with Gasteiger partial charge in [-0.15, -0.1) is 0 Å². The van der Waals surface area contributed by atoms with Crippen LogP contribution in [0.2, 0.25) is 0 Å². The lowest BCUT2D eigenvalue weighted by molar-refractivity contribution is -0.121. The van der Waals surface area contributed by atoms with Crippen LogP contribution in [0, 0.1) is 5.92 Å². The summed E-state index contributed by atoms with van der Waals surface area (Å²) in [4.78, 5) is 15.2. The number of likely N-dealkylation sites (tertiary alicyclic amines) is 1. The van der Waals surface area contributed by atoms with E-state index in [1.807, 2.05) is 18.2 Å². The predicted octanol–water partition coefficient (Wildman–Crippen LogP) is 4.54. The third kappa shape index (κ3) is 7.19. The summed E-state index contributed by atoms with van der Waals surface area (Å²) < 4.78 is 16.7. The topological polar surface area (TPSA) is 68.2 Å². The van der Waals surface area contributed by atoms with Crippen molar-refractivity contribution in [2.24, 2.45) is 5.92 Å². The van der Waals surface area contributed by atoms with Gasteiger partial charge in [0.2, 0.25) is 0 Å². The number of nitrogens with zero attached hydrogens (tertiary/aromatic N) is 1. The summed E-state index contributed by atoms with van der Waals surface area (Å²) >= 11 is 0. The van der Waals surface area contributed by atoms with Crippen molar-refractivity contribution in [1.82, 2.24) is 4.90 Å². The second-order valence-electron chi connectivity index (χ2n) is 9.26. The molecular weight excluding hydrogens is 406 g/mol. The zero-order valence-electron chi connectivity index (χ0n) is 19.9. The van der Waals surface area contributed by atoms with Crippen LogP contribution < -0.4 is 9.47 Å². The Bertz CT molecular complexity index is 709. The van der Waals surface area contributed by atoms with E-state index in [0.717, 1.165) is 37.8 Å². The van der Waals surface area contributed by atoms with Crippen LogP contribution in [0.25, 0.3) is 0 Å². The zero-order chi connectivity index (χ0) is 22.8. The number of Topliss-reactive ketones (excluding diaryl/α,β-unsaturated/α-hetero) is 1. The Balaban J connectivity index is 1.67. The Morgan fingerprint density at radius 2 is 1.97 bits per heavy atom. The lowest BCUT2D eigenvalue weighted by atomic mass is 9.89. The number of fused-ring (bicyclic) bond motifs is 1. The normalized spacial score (nSPS) is 20.3. The minimum atomic E-state index is -0.723. The molecule has 1 fully saturated rings. The molecule has 3 atom stereocenters. The van der Waals surface area contributed by atoms with E-state index in [4.69, 9.17) is 14.2 Å². The summed E-state index contributed by atoms with van der Waals surface area (Å²) in [6.07, 6.45) is 8.20. The molecule has 0 aromatic heterocycles. The van der Waals surface area contributed by atoms with Crippen molar-refractivity contribution in [3.8, 4) is 11.5 Å². The summed E-state index contributed by atoms with van der Waals surface area (Å²) in [5, 5.41) is 11.3. The molecule has 1 aromatic carbocycles. The van der Waals surface area contributed by atoms with Crippen LogP contribution in [0.5, 0.6) is 11.5 Å². The molecule has 0 amide bonds. The summed E-state index contributed by atoms with van der Waals surface area (Å²) in [5.41, 5.74) is 0.789. The Morgan fingerprint density at radius 1 is 1.19 bits per heavy atom. The van der Waals surface area contributed by atoms with Crippen LogP contribution in [-0.4, -0.2) is 61.9 Å². The summed E-state index contributed by atoms with van der Waals surface area (Å²) in [6.45, 7) is 5.64. The first kappa shape index (κ1) is 25.0. The number of unbranched alkanes of at least 4 members (excludes halogenated alkanes) is 4. The highest BCUT2D eigenvalue weighted by atomic mass is 16.6. The molecule has 2 aliphatic rings. The number of methoxy groups -OCH3 is 1. The minimum Gasteiger partial charge on any atom is -0.486 e. The number of benzene rings is 1. The zero-order valence-corrected chi connectivity index (χ0v) is 19.9. The smallest absolute Gasteiger partial charge is 0.161 e. The average Bonchev–Trinajstić information content (AvgIpc) is 3.24. The highest BCUT2D eigenvalue weighted by Crippen LogP contribution is 2.36. The van der Waals surface area contributed by atoms with Crippen molar-refractivity contribution in [3.05, 3.63) is 23.8 Å². The van der Waals surface area contributed by atoms with E-state index >= 15 is 0 Å². The molecule has 1 N–H and O–H groups in total. The predicted molar refractivity (Wildman–Crippen MR) is 125 cm³/mol. The SMILES string of the molecule is CCCCCCCC(=O)C[C@H](CN1CCC[C@H]1COC)[C@H](O)c1ccc2c(c1)OCCO2. The van der Waals surface area contributed by atoms with Crippen LogP contribution in [0.3, 0.4) is 0 Å². The van der Waals surface area contributed by atoms with Gasteiger partial charge in [0.25, 0.3) is 0 Å². The van der Waals surface area contributed by atoms with Gasteiger partial charge in [-0.3, -0.25) is 9.69 Å². The fourth-order valence-electron chi connectivity index (χ4n) is 4.93. The molecule has 32 heavy (non-hydrogen) atoms. The van der Waals surface area contributed by atoms with Crippen molar-refractivity contribution in [1.29, 1.82) is 0 Å². The van der Waals surface area contributed by atoms with E-state index in [1.165, 1.54) is 19.3 Å². The molecule has 6 nitrogen and oxygen atoms in total. The van der Waals surface area contributed by atoms with E-state index < -0.39 is 6.10 Å². The number of carbonyl (C=O) groups is 1. The van der Waals surface area contributed by atoms with Gasteiger partial charge in [-0.25, -0.2) is 0 Å². The van der Waals surface area contributed by atoms with Crippen LogP contribution in [0.15, 0.2) is 18.2 Å². The van der Waals surface area contributed by atoms with E-state index in [-0.39, 0.29) is 11.7 Å². The second-order valence-corrected chi connectivity index (χ2v) is 9.26. The molecule has 1 aromatic rings. The van der Waals surface area contributed by atoms with Crippen LogP contribution in [-0.2, 0) is 9.53 Å². The second kappa shape index (κ2) is 13.2. The molecule has 0 aliphatic carbocycles. The molecular formula is C26H41NO5. The summed E-state index contributed by atoms with van der Waals surface area (Å²) in [5.74, 6) is 1.49. The van der Waals surface area contributed by atoms with Gasteiger partial charge >= 0.3 is 0 Å². The standard InChI is InChI=1S/C26H41NO5/c1-3-4-5-6-7-10-23(28)16-21(18-27-13-8-9-22(27)19-30-2)26(29)20-11-12-24-25(17-20)32-15-14-31-24/h11-12,17,21-22,26,29H,3-10,13-16,18-19H2,1-2H3/t21-,22+,26-/m1/s1. The molecule has 0 radical (unpaired) electrons. The number of aliphatic hydroxyl groups is 1. The van der Waals surface area contributed by atoms with Gasteiger partial charge in [-0.1, -0.05) is 38.7 Å². The third-order valence-electron chi connectivity index (χ3n) is 6.73. The Hall–Kier alpha value is -1.63. The Morgan fingerprint density at radius 3 is 2.75 bits per heavy atom. The summed E-state index contributed by atoms with van der Waals surface area (Å²) in [7, 11) is 1.74. The van der Waals surface area contributed by atoms with Gasteiger partial charge in [-0.2, -0.15) is 0 Å². The molecule has 3 rings (SSSR count). The molecule has 0 spiro atoms. The lowest BCUT2D eigenvalue weighted by Gasteiger charge is -2.31.